The average Bonchev–Trinajstić information content (AvgIpc) is 3.22. The van der Waals surface area contributed by atoms with E-state index in [9.17, 15) is 14.0 Å². The summed E-state index contributed by atoms with van der Waals surface area (Å²) in [7, 11) is 0. The zero-order valence-electron chi connectivity index (χ0n) is 15.3. The Hall–Kier alpha value is -3.88. The Bertz CT molecular complexity index is 1220. The van der Waals surface area contributed by atoms with Gasteiger partial charge in [0, 0.05) is 6.54 Å². The SMILES string of the molecule is O=C(Cn1cnc2ccc(F)cc2c1=O)NCc1cccc(Cn2cncn2)c1. The van der Waals surface area contributed by atoms with E-state index in [1.807, 2.05) is 24.3 Å². The third-order valence-corrected chi connectivity index (χ3v) is 4.39. The van der Waals surface area contributed by atoms with E-state index in [4.69, 9.17) is 0 Å². The fraction of sp³-hybridized carbons (Fsp3) is 0.150. The first-order valence-electron chi connectivity index (χ1n) is 8.90. The number of amides is 1. The van der Waals surface area contributed by atoms with Crippen molar-refractivity contribution in [3.63, 3.8) is 0 Å². The van der Waals surface area contributed by atoms with Gasteiger partial charge in [0.25, 0.3) is 5.56 Å². The van der Waals surface area contributed by atoms with Crippen molar-refractivity contribution in [1.29, 1.82) is 0 Å². The maximum absolute atomic E-state index is 13.4. The number of hydrogen-bond donors (Lipinski definition) is 1. The van der Waals surface area contributed by atoms with E-state index in [1.165, 1.54) is 24.8 Å². The van der Waals surface area contributed by atoms with E-state index in [2.05, 4.69) is 20.4 Å². The van der Waals surface area contributed by atoms with Gasteiger partial charge in [-0.15, -0.1) is 0 Å². The molecule has 4 rings (SSSR count). The molecule has 29 heavy (non-hydrogen) atoms. The number of carbonyl (C=O) groups is 1. The third kappa shape index (κ3) is 4.34. The second kappa shape index (κ2) is 8.01. The molecule has 0 unspecified atom stereocenters. The first-order chi connectivity index (χ1) is 14.1. The van der Waals surface area contributed by atoms with Crippen LogP contribution in [0.1, 0.15) is 11.1 Å². The summed E-state index contributed by atoms with van der Waals surface area (Å²) in [5.74, 6) is -0.865. The number of nitrogens with zero attached hydrogens (tertiary/aromatic N) is 5. The molecule has 0 spiro atoms. The summed E-state index contributed by atoms with van der Waals surface area (Å²) in [6.45, 7) is 0.696. The number of fused-ring (bicyclic) bond motifs is 1. The summed E-state index contributed by atoms with van der Waals surface area (Å²) in [6, 6.07) is 11.5. The minimum Gasteiger partial charge on any atom is -0.350 e. The van der Waals surface area contributed by atoms with Gasteiger partial charge in [0.15, 0.2) is 0 Å². The number of nitrogens with one attached hydrogen (secondary N) is 1. The predicted molar refractivity (Wildman–Crippen MR) is 103 cm³/mol. The number of halogens is 1. The molecule has 1 N–H and O–H groups in total. The quantitative estimate of drug-likeness (QED) is 0.537. The van der Waals surface area contributed by atoms with Crippen molar-refractivity contribution in [2.45, 2.75) is 19.6 Å². The minimum atomic E-state index is -0.524. The summed E-state index contributed by atoms with van der Waals surface area (Å²) in [5.41, 5.74) is 1.87. The van der Waals surface area contributed by atoms with Crippen molar-refractivity contribution in [3.8, 4) is 0 Å². The van der Waals surface area contributed by atoms with Gasteiger partial charge in [-0.1, -0.05) is 24.3 Å². The van der Waals surface area contributed by atoms with Crippen LogP contribution in [0, 0.1) is 5.82 Å². The van der Waals surface area contributed by atoms with Crippen LogP contribution in [0.2, 0.25) is 0 Å². The highest BCUT2D eigenvalue weighted by atomic mass is 19.1. The standard InChI is InChI=1S/C20H17FN6O2/c21-16-4-5-18-17(7-16)20(29)26(13-24-18)10-19(28)23-8-14-2-1-3-15(6-14)9-27-12-22-11-25-27/h1-7,11-13H,8-10H2,(H,23,28). The van der Waals surface area contributed by atoms with Crippen LogP contribution in [0.4, 0.5) is 4.39 Å². The number of hydrogen-bond acceptors (Lipinski definition) is 5. The lowest BCUT2D eigenvalue weighted by atomic mass is 10.1. The molecule has 8 nitrogen and oxygen atoms in total. The van der Waals surface area contributed by atoms with Crippen molar-refractivity contribution in [1.82, 2.24) is 29.6 Å². The second-order valence-corrected chi connectivity index (χ2v) is 6.53. The molecule has 2 aromatic heterocycles. The fourth-order valence-corrected chi connectivity index (χ4v) is 2.99. The highest BCUT2D eigenvalue weighted by Gasteiger charge is 2.09. The van der Waals surface area contributed by atoms with Gasteiger partial charge in [-0.05, 0) is 29.3 Å². The predicted octanol–water partition coefficient (Wildman–Crippen LogP) is 1.49. The Morgan fingerprint density at radius 1 is 1.10 bits per heavy atom. The van der Waals surface area contributed by atoms with Crippen molar-refractivity contribution in [2.75, 3.05) is 0 Å². The number of rotatable bonds is 6. The molecule has 0 aliphatic heterocycles. The molecule has 0 saturated carbocycles. The second-order valence-electron chi connectivity index (χ2n) is 6.53. The van der Waals surface area contributed by atoms with Gasteiger partial charge >= 0.3 is 0 Å². The van der Waals surface area contributed by atoms with Gasteiger partial charge in [0.1, 0.15) is 25.0 Å². The number of carbonyl (C=O) groups excluding carboxylic acids is 1. The maximum atomic E-state index is 13.4. The number of aromatic nitrogens is 5. The first kappa shape index (κ1) is 18.5. The summed E-state index contributed by atoms with van der Waals surface area (Å²) >= 11 is 0. The topological polar surface area (TPSA) is 94.7 Å². The van der Waals surface area contributed by atoms with Crippen molar-refractivity contribution in [2.24, 2.45) is 0 Å². The van der Waals surface area contributed by atoms with E-state index in [0.29, 0.717) is 18.6 Å². The molecule has 2 heterocycles. The van der Waals surface area contributed by atoms with Crippen LogP contribution in [0.5, 0.6) is 0 Å². The zero-order valence-corrected chi connectivity index (χ0v) is 15.3. The molecule has 9 heteroatoms. The molecule has 146 valence electrons. The molecule has 0 bridgehead atoms. The molecule has 4 aromatic rings. The van der Waals surface area contributed by atoms with Crippen molar-refractivity contribution < 1.29 is 9.18 Å². The Morgan fingerprint density at radius 2 is 1.97 bits per heavy atom. The molecule has 0 atom stereocenters. The number of benzene rings is 2. The van der Waals surface area contributed by atoms with Crippen LogP contribution in [-0.2, 0) is 24.4 Å². The lowest BCUT2D eigenvalue weighted by molar-refractivity contribution is -0.121. The molecular formula is C20H17FN6O2. The summed E-state index contributed by atoms with van der Waals surface area (Å²) in [4.78, 5) is 32.8. The van der Waals surface area contributed by atoms with Gasteiger partial charge in [-0.2, -0.15) is 5.10 Å². The molecule has 0 saturated heterocycles. The Kier molecular flexibility index (Phi) is 5.10. The Morgan fingerprint density at radius 3 is 2.79 bits per heavy atom. The molecule has 0 fully saturated rings. The lowest BCUT2D eigenvalue weighted by Gasteiger charge is -2.09. The Labute approximate surface area is 164 Å². The highest BCUT2D eigenvalue weighted by Crippen LogP contribution is 2.09. The van der Waals surface area contributed by atoms with Gasteiger partial charge in [-0.25, -0.2) is 19.0 Å². The van der Waals surface area contributed by atoms with Gasteiger partial charge in [0.05, 0.1) is 23.8 Å². The largest absolute Gasteiger partial charge is 0.350 e. The van der Waals surface area contributed by atoms with Gasteiger partial charge in [-0.3, -0.25) is 14.2 Å². The van der Waals surface area contributed by atoms with Gasteiger partial charge in [0.2, 0.25) is 5.91 Å². The van der Waals surface area contributed by atoms with E-state index >= 15 is 0 Å². The minimum absolute atomic E-state index is 0.140. The van der Waals surface area contributed by atoms with Crippen LogP contribution in [0.15, 0.2) is 66.2 Å². The average molecular weight is 392 g/mol. The summed E-state index contributed by atoms with van der Waals surface area (Å²) in [5, 5.41) is 7.00. The maximum Gasteiger partial charge on any atom is 0.261 e. The molecule has 0 aliphatic carbocycles. The van der Waals surface area contributed by atoms with E-state index < -0.39 is 11.4 Å². The van der Waals surface area contributed by atoms with Crippen LogP contribution in [-0.4, -0.2) is 30.2 Å². The normalized spacial score (nSPS) is 10.9. The van der Waals surface area contributed by atoms with Crippen LogP contribution >= 0.6 is 0 Å². The third-order valence-electron chi connectivity index (χ3n) is 4.39. The lowest BCUT2D eigenvalue weighted by Crippen LogP contribution is -2.32. The first-order valence-corrected chi connectivity index (χ1v) is 8.90. The van der Waals surface area contributed by atoms with Crippen molar-refractivity contribution >= 4 is 16.8 Å². The fourth-order valence-electron chi connectivity index (χ4n) is 2.99. The van der Waals surface area contributed by atoms with E-state index in [0.717, 1.165) is 21.8 Å². The molecule has 1 amide bonds. The molecule has 2 aromatic carbocycles. The van der Waals surface area contributed by atoms with Crippen LogP contribution in [0.25, 0.3) is 10.9 Å². The molecular weight excluding hydrogens is 375 g/mol. The summed E-state index contributed by atoms with van der Waals surface area (Å²) < 4.78 is 16.3. The van der Waals surface area contributed by atoms with Crippen molar-refractivity contribution in [3.05, 3.63) is 88.7 Å². The van der Waals surface area contributed by atoms with E-state index in [1.54, 1.807) is 11.0 Å². The monoisotopic (exact) mass is 392 g/mol. The van der Waals surface area contributed by atoms with E-state index in [-0.39, 0.29) is 17.8 Å². The smallest absolute Gasteiger partial charge is 0.261 e. The van der Waals surface area contributed by atoms with Crippen LogP contribution < -0.4 is 10.9 Å². The molecule has 0 aliphatic rings. The molecule has 0 radical (unpaired) electrons. The summed E-state index contributed by atoms with van der Waals surface area (Å²) in [6.07, 6.45) is 4.40. The van der Waals surface area contributed by atoms with Crippen LogP contribution in [0.3, 0.4) is 0 Å². The van der Waals surface area contributed by atoms with Gasteiger partial charge < -0.3 is 5.32 Å². The zero-order chi connectivity index (χ0) is 20.2. The Balaban J connectivity index is 1.41. The highest BCUT2D eigenvalue weighted by molar-refractivity contribution is 5.79.